The molecule has 1 atom stereocenters. The summed E-state index contributed by atoms with van der Waals surface area (Å²) in [7, 11) is 0. The molecule has 0 aromatic carbocycles. The molecule has 10 heteroatoms. The van der Waals surface area contributed by atoms with Gasteiger partial charge in [0.2, 0.25) is 0 Å². The smallest absolute Gasteiger partial charge is 0.328 e. The van der Waals surface area contributed by atoms with Crippen molar-refractivity contribution in [3.05, 3.63) is 65.7 Å². The molecule has 0 spiro atoms. The van der Waals surface area contributed by atoms with Crippen LogP contribution in [0.15, 0.2) is 37.6 Å². The van der Waals surface area contributed by atoms with E-state index < -0.39 is 28.6 Å². The number of ether oxygens (including phenoxy) is 1. The molecule has 2 aromatic heterocycles. The van der Waals surface area contributed by atoms with Crippen LogP contribution >= 0.6 is 0 Å². The third-order valence-electron chi connectivity index (χ3n) is 3.13. The fraction of sp³-hybridized carbons (Fsp3) is 0.308. The second-order valence-corrected chi connectivity index (χ2v) is 4.84. The van der Waals surface area contributed by atoms with Crippen LogP contribution in [-0.4, -0.2) is 31.7 Å². The molecule has 2 N–H and O–H groups in total. The second-order valence-electron chi connectivity index (χ2n) is 4.84. The fourth-order valence-electron chi connectivity index (χ4n) is 2.00. The van der Waals surface area contributed by atoms with Crippen molar-refractivity contribution in [1.29, 1.82) is 0 Å². The first-order chi connectivity index (χ1) is 10.9. The van der Waals surface area contributed by atoms with Gasteiger partial charge in [0, 0.05) is 24.0 Å². The summed E-state index contributed by atoms with van der Waals surface area (Å²) in [5, 5.41) is 0. The quantitative estimate of drug-likeness (QED) is 0.587. The number of carbonyl (C=O) groups is 1. The summed E-state index contributed by atoms with van der Waals surface area (Å²) in [6.45, 7) is 1.58. The van der Waals surface area contributed by atoms with Gasteiger partial charge >= 0.3 is 11.4 Å². The number of rotatable bonds is 6. The molecule has 1 unspecified atom stereocenters. The van der Waals surface area contributed by atoms with Gasteiger partial charge < -0.3 is 4.74 Å². The summed E-state index contributed by atoms with van der Waals surface area (Å²) in [6.07, 6.45) is 1.74. The highest BCUT2D eigenvalue weighted by atomic mass is 16.5. The van der Waals surface area contributed by atoms with Gasteiger partial charge in [-0.2, -0.15) is 0 Å². The Morgan fingerprint density at radius 2 is 1.78 bits per heavy atom. The minimum absolute atomic E-state index is 0.0687. The molecule has 10 nitrogen and oxygen atoms in total. The molecule has 0 bridgehead atoms. The van der Waals surface area contributed by atoms with Gasteiger partial charge in [0.1, 0.15) is 6.10 Å². The van der Waals surface area contributed by atoms with E-state index in [1.807, 2.05) is 0 Å². The Balaban J connectivity index is 2.29. The molecule has 2 rings (SSSR count). The van der Waals surface area contributed by atoms with Gasteiger partial charge in [-0.25, -0.2) is 9.59 Å². The van der Waals surface area contributed by atoms with Gasteiger partial charge in [-0.1, -0.05) is 0 Å². The third-order valence-corrected chi connectivity index (χ3v) is 3.13. The number of H-pyrrole nitrogens is 2. The molecule has 122 valence electrons. The minimum Gasteiger partial charge on any atom is -0.461 e. The van der Waals surface area contributed by atoms with Crippen LogP contribution in [0.5, 0.6) is 0 Å². The maximum atomic E-state index is 11.7. The zero-order valence-corrected chi connectivity index (χ0v) is 12.1. The summed E-state index contributed by atoms with van der Waals surface area (Å²) >= 11 is 0. The maximum Gasteiger partial charge on any atom is 0.328 e. The van der Waals surface area contributed by atoms with E-state index in [4.69, 9.17) is 4.74 Å². The number of nitrogens with zero attached hydrogens (tertiary/aromatic N) is 2. The van der Waals surface area contributed by atoms with Crippen LogP contribution in [-0.2, 0) is 22.6 Å². The summed E-state index contributed by atoms with van der Waals surface area (Å²) in [5.74, 6) is 0. The van der Waals surface area contributed by atoms with E-state index in [2.05, 4.69) is 9.97 Å². The van der Waals surface area contributed by atoms with Gasteiger partial charge in [0.05, 0.1) is 13.1 Å². The molecule has 23 heavy (non-hydrogen) atoms. The van der Waals surface area contributed by atoms with Gasteiger partial charge in [0.15, 0.2) is 0 Å². The van der Waals surface area contributed by atoms with Crippen LogP contribution in [0.4, 0.5) is 0 Å². The van der Waals surface area contributed by atoms with Crippen molar-refractivity contribution in [2.75, 3.05) is 0 Å². The second kappa shape index (κ2) is 6.73. The SMILES string of the molecule is Cc1cn(CC(Cn2ccc(=O)[nH]c2=O)OC=O)c(=O)[nH]c1=O. The van der Waals surface area contributed by atoms with E-state index in [1.54, 1.807) is 0 Å². The Morgan fingerprint density at radius 1 is 1.13 bits per heavy atom. The Kier molecular flexibility index (Phi) is 4.74. The zero-order valence-electron chi connectivity index (χ0n) is 12.1. The fourth-order valence-corrected chi connectivity index (χ4v) is 2.00. The van der Waals surface area contributed by atoms with Gasteiger partial charge in [-0.15, -0.1) is 0 Å². The summed E-state index contributed by atoms with van der Waals surface area (Å²) < 4.78 is 7.18. The molecule has 0 radical (unpaired) electrons. The maximum absolute atomic E-state index is 11.7. The van der Waals surface area contributed by atoms with Crippen molar-refractivity contribution in [2.45, 2.75) is 26.1 Å². The van der Waals surface area contributed by atoms with Crippen LogP contribution in [0.2, 0.25) is 0 Å². The van der Waals surface area contributed by atoms with Crippen molar-refractivity contribution in [2.24, 2.45) is 0 Å². The average molecular weight is 322 g/mol. The summed E-state index contributed by atoms with van der Waals surface area (Å²) in [4.78, 5) is 60.6. The number of aromatic nitrogens is 4. The largest absolute Gasteiger partial charge is 0.461 e. The molecule has 2 heterocycles. The van der Waals surface area contributed by atoms with Crippen LogP contribution < -0.4 is 22.5 Å². The average Bonchev–Trinajstić information content (AvgIpc) is 2.48. The number of nitrogens with one attached hydrogen (secondary N) is 2. The minimum atomic E-state index is -0.848. The van der Waals surface area contributed by atoms with Gasteiger partial charge in [-0.05, 0) is 6.92 Å². The lowest BCUT2D eigenvalue weighted by Gasteiger charge is -2.17. The van der Waals surface area contributed by atoms with Gasteiger partial charge in [0.25, 0.3) is 17.6 Å². The number of hydrogen-bond donors (Lipinski definition) is 2. The molecular formula is C13H14N4O6. The summed E-state index contributed by atoms with van der Waals surface area (Å²) in [5.41, 5.74) is -2.06. The van der Waals surface area contributed by atoms with E-state index in [-0.39, 0.29) is 19.6 Å². The number of hydrogen-bond acceptors (Lipinski definition) is 6. The topological polar surface area (TPSA) is 136 Å². The highest BCUT2D eigenvalue weighted by molar-refractivity contribution is 5.37. The van der Waals surface area contributed by atoms with Crippen molar-refractivity contribution < 1.29 is 9.53 Å². The van der Waals surface area contributed by atoms with Crippen LogP contribution in [0.3, 0.4) is 0 Å². The van der Waals surface area contributed by atoms with Crippen LogP contribution in [0, 0.1) is 6.92 Å². The number of aromatic amines is 2. The Bertz CT molecular complexity index is 935. The molecular weight excluding hydrogens is 308 g/mol. The third kappa shape index (κ3) is 3.93. The van der Waals surface area contributed by atoms with Crippen molar-refractivity contribution in [1.82, 2.24) is 19.1 Å². The first-order valence-electron chi connectivity index (χ1n) is 6.60. The van der Waals surface area contributed by atoms with Crippen molar-refractivity contribution >= 4 is 6.47 Å². The van der Waals surface area contributed by atoms with Crippen molar-refractivity contribution in [3.8, 4) is 0 Å². The Labute approximate surface area is 128 Å². The van der Waals surface area contributed by atoms with Gasteiger partial charge in [-0.3, -0.25) is 33.5 Å². The monoisotopic (exact) mass is 322 g/mol. The highest BCUT2D eigenvalue weighted by Gasteiger charge is 2.14. The molecule has 0 aliphatic rings. The first-order valence-corrected chi connectivity index (χ1v) is 6.60. The van der Waals surface area contributed by atoms with E-state index in [9.17, 15) is 24.0 Å². The van der Waals surface area contributed by atoms with E-state index in [1.165, 1.54) is 23.9 Å². The standard InChI is InChI=1S/C13H14N4O6/c1-8-4-17(13(22)15-11(8)20)6-9(23-7-18)5-16-3-2-10(19)14-12(16)21/h2-4,7,9H,5-6H2,1H3,(H,14,19,21)(H,15,20,22). The number of carbonyl (C=O) groups excluding carboxylic acids is 1. The first kappa shape index (κ1) is 16.2. The van der Waals surface area contributed by atoms with Crippen LogP contribution in [0.1, 0.15) is 5.56 Å². The normalized spacial score (nSPS) is 11.9. The highest BCUT2D eigenvalue weighted by Crippen LogP contribution is 1.98. The lowest BCUT2D eigenvalue weighted by Crippen LogP contribution is -2.38. The van der Waals surface area contributed by atoms with E-state index in [0.717, 1.165) is 10.6 Å². The molecule has 0 amide bonds. The predicted octanol–water partition coefficient (Wildman–Crippen LogP) is -2.06. The predicted molar refractivity (Wildman–Crippen MR) is 78.3 cm³/mol. The van der Waals surface area contributed by atoms with E-state index >= 15 is 0 Å². The number of aryl methyl sites for hydroxylation is 1. The molecule has 0 aliphatic heterocycles. The molecule has 2 aromatic rings. The Morgan fingerprint density at radius 3 is 2.43 bits per heavy atom. The van der Waals surface area contributed by atoms with Crippen LogP contribution in [0.25, 0.3) is 0 Å². The summed E-state index contributed by atoms with van der Waals surface area (Å²) in [6, 6.07) is 1.15. The zero-order chi connectivity index (χ0) is 17.0. The molecule has 0 fully saturated rings. The van der Waals surface area contributed by atoms with E-state index in [0.29, 0.717) is 5.56 Å². The molecule has 0 saturated heterocycles. The Hall–Kier alpha value is -3.17. The lowest BCUT2D eigenvalue weighted by atomic mass is 10.3. The van der Waals surface area contributed by atoms with Crippen molar-refractivity contribution in [3.63, 3.8) is 0 Å². The molecule has 0 saturated carbocycles. The molecule has 0 aliphatic carbocycles. The lowest BCUT2D eigenvalue weighted by molar-refractivity contribution is -0.134.